The van der Waals surface area contributed by atoms with Crippen LogP contribution in [0.15, 0.2) is 59.1 Å². The van der Waals surface area contributed by atoms with E-state index in [0.717, 1.165) is 11.1 Å². The van der Waals surface area contributed by atoms with Gasteiger partial charge >= 0.3 is 0 Å². The highest BCUT2D eigenvalue weighted by atomic mass is 32.2. The van der Waals surface area contributed by atoms with Gasteiger partial charge in [-0.15, -0.1) is 0 Å². The molecule has 0 saturated heterocycles. The Kier molecular flexibility index (Phi) is 3.58. The van der Waals surface area contributed by atoms with Gasteiger partial charge in [0.05, 0.1) is 4.90 Å². The van der Waals surface area contributed by atoms with E-state index in [2.05, 4.69) is 4.98 Å². The summed E-state index contributed by atoms with van der Waals surface area (Å²) in [7, 11) is -3.38. The molecule has 2 aromatic rings. The Balaban J connectivity index is 2.28. The Morgan fingerprint density at radius 2 is 1.61 bits per heavy atom. The molecule has 0 aliphatic rings. The summed E-state index contributed by atoms with van der Waals surface area (Å²) in [5.74, 6) is 0. The molecule has 0 aliphatic heterocycles. The van der Waals surface area contributed by atoms with E-state index < -0.39 is 9.84 Å². The first-order valence-corrected chi connectivity index (χ1v) is 7.02. The van der Waals surface area contributed by atoms with Crippen LogP contribution in [0, 0.1) is 6.92 Å². The lowest BCUT2D eigenvalue weighted by molar-refractivity contribution is 0.605. The summed E-state index contributed by atoms with van der Waals surface area (Å²) in [6.45, 7) is 1.92. The quantitative estimate of drug-likeness (QED) is 0.851. The number of aromatic nitrogens is 1. The molecule has 1 aromatic carbocycles. The standard InChI is InChI=1S/C14H13NO2S/c1-12-2-4-14(5-3-12)18(16,17)11-8-13-6-9-15-10-7-13/h2-11H,1H3. The number of hydrogen-bond acceptors (Lipinski definition) is 3. The van der Waals surface area contributed by atoms with Gasteiger partial charge in [0.15, 0.2) is 9.84 Å². The van der Waals surface area contributed by atoms with Crippen molar-refractivity contribution >= 4 is 15.9 Å². The highest BCUT2D eigenvalue weighted by molar-refractivity contribution is 7.94. The van der Waals surface area contributed by atoms with Crippen LogP contribution in [0.25, 0.3) is 6.08 Å². The van der Waals surface area contributed by atoms with Gasteiger partial charge in [0.2, 0.25) is 0 Å². The lowest BCUT2D eigenvalue weighted by Crippen LogP contribution is -1.95. The van der Waals surface area contributed by atoms with Crippen molar-refractivity contribution in [1.29, 1.82) is 0 Å². The van der Waals surface area contributed by atoms with Crippen LogP contribution in [0.5, 0.6) is 0 Å². The molecule has 0 bridgehead atoms. The first-order valence-electron chi connectivity index (χ1n) is 5.48. The Labute approximate surface area is 107 Å². The van der Waals surface area contributed by atoms with Crippen LogP contribution in [-0.4, -0.2) is 13.4 Å². The minimum Gasteiger partial charge on any atom is -0.265 e. The SMILES string of the molecule is Cc1ccc(S(=O)(=O)C=Cc2ccncc2)cc1. The summed E-state index contributed by atoms with van der Waals surface area (Å²) in [6, 6.07) is 10.3. The Morgan fingerprint density at radius 1 is 1.00 bits per heavy atom. The van der Waals surface area contributed by atoms with E-state index in [1.807, 2.05) is 6.92 Å². The minimum atomic E-state index is -3.38. The smallest absolute Gasteiger partial charge is 0.199 e. The first-order chi connectivity index (χ1) is 8.58. The molecule has 18 heavy (non-hydrogen) atoms. The summed E-state index contributed by atoms with van der Waals surface area (Å²) in [6.07, 6.45) is 4.81. The second-order valence-corrected chi connectivity index (χ2v) is 5.77. The van der Waals surface area contributed by atoms with Crippen LogP contribution in [-0.2, 0) is 9.84 Å². The predicted molar refractivity (Wildman–Crippen MR) is 71.6 cm³/mol. The van der Waals surface area contributed by atoms with Gasteiger partial charge in [-0.2, -0.15) is 0 Å². The molecule has 0 amide bonds. The zero-order valence-electron chi connectivity index (χ0n) is 9.95. The molecule has 3 nitrogen and oxygen atoms in total. The van der Waals surface area contributed by atoms with E-state index in [1.54, 1.807) is 54.9 Å². The van der Waals surface area contributed by atoms with E-state index in [4.69, 9.17) is 0 Å². The number of pyridine rings is 1. The van der Waals surface area contributed by atoms with Gasteiger partial charge in [-0.05, 0) is 42.8 Å². The third-order valence-corrected chi connectivity index (χ3v) is 3.92. The average molecular weight is 259 g/mol. The number of rotatable bonds is 3. The van der Waals surface area contributed by atoms with E-state index in [1.165, 1.54) is 5.41 Å². The maximum atomic E-state index is 12.0. The number of hydrogen-bond donors (Lipinski definition) is 0. The third-order valence-electron chi connectivity index (χ3n) is 2.50. The van der Waals surface area contributed by atoms with Gasteiger partial charge in [0.25, 0.3) is 0 Å². The van der Waals surface area contributed by atoms with Crippen LogP contribution in [0.4, 0.5) is 0 Å². The van der Waals surface area contributed by atoms with Crippen molar-refractivity contribution < 1.29 is 8.42 Å². The number of benzene rings is 1. The minimum absolute atomic E-state index is 0.304. The molecular weight excluding hydrogens is 246 g/mol. The van der Waals surface area contributed by atoms with E-state index >= 15 is 0 Å². The van der Waals surface area contributed by atoms with Crippen molar-refractivity contribution in [2.24, 2.45) is 0 Å². The van der Waals surface area contributed by atoms with Crippen molar-refractivity contribution in [3.05, 3.63) is 65.3 Å². The molecular formula is C14H13NO2S. The van der Waals surface area contributed by atoms with Gasteiger partial charge in [-0.3, -0.25) is 4.98 Å². The molecule has 0 radical (unpaired) electrons. The average Bonchev–Trinajstić information content (AvgIpc) is 2.38. The van der Waals surface area contributed by atoms with Crippen molar-refractivity contribution in [3.63, 3.8) is 0 Å². The molecule has 4 heteroatoms. The highest BCUT2D eigenvalue weighted by Crippen LogP contribution is 2.14. The van der Waals surface area contributed by atoms with E-state index in [0.29, 0.717) is 4.90 Å². The fourth-order valence-electron chi connectivity index (χ4n) is 1.45. The number of nitrogens with zero attached hydrogens (tertiary/aromatic N) is 1. The monoisotopic (exact) mass is 259 g/mol. The van der Waals surface area contributed by atoms with Crippen molar-refractivity contribution in [2.45, 2.75) is 11.8 Å². The molecule has 0 saturated carbocycles. The Hall–Kier alpha value is -1.94. The zero-order chi connectivity index (χ0) is 13.0. The highest BCUT2D eigenvalue weighted by Gasteiger charge is 2.09. The predicted octanol–water partition coefficient (Wildman–Crippen LogP) is 2.83. The summed E-state index contributed by atoms with van der Waals surface area (Å²) in [5.41, 5.74) is 1.84. The third kappa shape index (κ3) is 3.05. The molecule has 0 aliphatic carbocycles. The maximum Gasteiger partial charge on any atom is 0.199 e. The van der Waals surface area contributed by atoms with Gasteiger partial charge in [-0.1, -0.05) is 17.7 Å². The largest absolute Gasteiger partial charge is 0.265 e. The molecule has 0 spiro atoms. The van der Waals surface area contributed by atoms with Crippen molar-refractivity contribution in [1.82, 2.24) is 4.98 Å². The molecule has 1 heterocycles. The normalized spacial score (nSPS) is 11.8. The van der Waals surface area contributed by atoms with E-state index in [9.17, 15) is 8.42 Å². The number of sulfone groups is 1. The van der Waals surface area contributed by atoms with Gasteiger partial charge in [0.1, 0.15) is 0 Å². The topological polar surface area (TPSA) is 47.0 Å². The molecule has 0 unspecified atom stereocenters. The van der Waals surface area contributed by atoms with Crippen molar-refractivity contribution in [3.8, 4) is 0 Å². The molecule has 0 N–H and O–H groups in total. The van der Waals surface area contributed by atoms with Crippen LogP contribution in [0.2, 0.25) is 0 Å². The molecule has 92 valence electrons. The lowest BCUT2D eigenvalue weighted by atomic mass is 10.2. The van der Waals surface area contributed by atoms with Gasteiger partial charge in [-0.25, -0.2) is 8.42 Å². The lowest BCUT2D eigenvalue weighted by Gasteiger charge is -1.99. The Morgan fingerprint density at radius 3 is 2.22 bits per heavy atom. The van der Waals surface area contributed by atoms with Crippen LogP contribution in [0.1, 0.15) is 11.1 Å². The second kappa shape index (κ2) is 5.14. The fourth-order valence-corrected chi connectivity index (χ4v) is 2.46. The van der Waals surface area contributed by atoms with Crippen LogP contribution >= 0.6 is 0 Å². The first kappa shape index (κ1) is 12.5. The molecule has 1 aromatic heterocycles. The summed E-state index contributed by atoms with van der Waals surface area (Å²) in [4.78, 5) is 4.18. The van der Waals surface area contributed by atoms with Crippen LogP contribution in [0.3, 0.4) is 0 Å². The van der Waals surface area contributed by atoms with Crippen molar-refractivity contribution in [2.75, 3.05) is 0 Å². The van der Waals surface area contributed by atoms with Gasteiger partial charge in [0, 0.05) is 17.8 Å². The fraction of sp³-hybridized carbons (Fsp3) is 0.0714. The molecule has 0 fully saturated rings. The molecule has 0 atom stereocenters. The van der Waals surface area contributed by atoms with E-state index in [-0.39, 0.29) is 0 Å². The summed E-state index contributed by atoms with van der Waals surface area (Å²) >= 11 is 0. The van der Waals surface area contributed by atoms with Gasteiger partial charge < -0.3 is 0 Å². The maximum absolute atomic E-state index is 12.0. The number of aryl methyl sites for hydroxylation is 1. The Bertz CT molecular complexity index is 644. The van der Waals surface area contributed by atoms with Crippen LogP contribution < -0.4 is 0 Å². The zero-order valence-corrected chi connectivity index (χ0v) is 10.8. The second-order valence-electron chi connectivity index (χ2n) is 3.94. The summed E-state index contributed by atoms with van der Waals surface area (Å²) in [5, 5.41) is 1.22. The molecule has 2 rings (SSSR count). The summed E-state index contributed by atoms with van der Waals surface area (Å²) < 4.78 is 24.0.